The monoisotopic (exact) mass is 222 g/mol. The van der Waals surface area contributed by atoms with E-state index in [2.05, 4.69) is 5.75 Å². The van der Waals surface area contributed by atoms with Gasteiger partial charge in [-0.25, -0.2) is 0 Å². The Hall–Kier alpha value is 1.95. The molecule has 44 valence electrons. The van der Waals surface area contributed by atoms with E-state index >= 15 is 0 Å². The molecule has 1 rings (SSSR count). The van der Waals surface area contributed by atoms with Crippen LogP contribution in [0.2, 0.25) is 0 Å². The maximum Gasteiger partial charge on any atom is 2.00 e. The Balaban J connectivity index is 0. The van der Waals surface area contributed by atoms with E-state index in [1.54, 1.807) is 0 Å². The zero-order valence-corrected chi connectivity index (χ0v) is 9.23. The van der Waals surface area contributed by atoms with Crippen molar-refractivity contribution in [1.82, 2.24) is 0 Å². The van der Waals surface area contributed by atoms with Gasteiger partial charge in [0.1, 0.15) is 0 Å². The zero-order chi connectivity index (χ0) is 4.24. The largest absolute Gasteiger partial charge is 2.00 e. The van der Waals surface area contributed by atoms with Gasteiger partial charge < -0.3 is 17.0 Å². The van der Waals surface area contributed by atoms with Crippen molar-refractivity contribution in [3.63, 3.8) is 0 Å². The smallest absolute Gasteiger partial charge is 1.00 e. The van der Waals surface area contributed by atoms with Crippen molar-refractivity contribution < 1.29 is 17.0 Å². The Morgan fingerprint density at radius 2 is 2.12 bits per heavy atom. The molecular weight excluding hydrogens is 216 g/mol. The number of halogens is 1. The summed E-state index contributed by atoms with van der Waals surface area (Å²) in [7, 11) is 3.84. The minimum atomic E-state index is 0. The van der Waals surface area contributed by atoms with Gasteiger partial charge in [-0.15, -0.1) is 10.8 Å². The molecule has 1 aliphatic rings. The van der Waals surface area contributed by atoms with Crippen molar-refractivity contribution in [2.75, 3.05) is 5.75 Å². The minimum absolute atomic E-state index is 0. The Labute approximate surface area is 85.3 Å². The number of rotatable bonds is 0. The Kier molecular flexibility index (Phi) is 14.1. The third kappa shape index (κ3) is 6.07. The van der Waals surface area contributed by atoms with E-state index in [1.807, 2.05) is 21.6 Å². The van der Waals surface area contributed by atoms with Gasteiger partial charge in [0.2, 0.25) is 0 Å². The summed E-state index contributed by atoms with van der Waals surface area (Å²) in [5.74, 6) is 3.62. The summed E-state index contributed by atoms with van der Waals surface area (Å²) in [6.07, 6.45) is 2.70. The van der Waals surface area contributed by atoms with Gasteiger partial charge in [0, 0.05) is 0 Å². The molecule has 1 fully saturated rings. The fourth-order valence-electron chi connectivity index (χ4n) is 0.370. The molecule has 8 heavy (non-hydrogen) atoms. The molecule has 0 aromatic heterocycles. The summed E-state index contributed by atoms with van der Waals surface area (Å²) in [5, 5.41) is 0. The second-order valence-electron chi connectivity index (χ2n) is 1.23. The first-order valence-corrected chi connectivity index (χ1v) is 4.48. The summed E-state index contributed by atoms with van der Waals surface area (Å²) >= 11 is 0. The molecular formula is C4H7BrMgS2. The summed E-state index contributed by atoms with van der Waals surface area (Å²) in [4.78, 5) is 0. The van der Waals surface area contributed by atoms with Gasteiger partial charge in [0.25, 0.3) is 0 Å². The van der Waals surface area contributed by atoms with E-state index in [9.17, 15) is 0 Å². The average Bonchev–Trinajstić information content (AvgIpc) is 1.72. The van der Waals surface area contributed by atoms with E-state index in [0.29, 0.717) is 0 Å². The van der Waals surface area contributed by atoms with Gasteiger partial charge in [-0.1, -0.05) is 6.42 Å². The number of hydrogen-bond acceptors (Lipinski definition) is 2. The average molecular weight is 223 g/mol. The van der Waals surface area contributed by atoms with E-state index in [0.717, 1.165) is 0 Å². The molecule has 1 aliphatic heterocycles. The molecule has 0 saturated carbocycles. The molecule has 0 aromatic rings. The van der Waals surface area contributed by atoms with Gasteiger partial charge in [0.05, 0.1) is 0 Å². The fourth-order valence-corrected chi connectivity index (χ4v) is 2.33. The molecule has 0 nitrogen and oxygen atoms in total. The van der Waals surface area contributed by atoms with Crippen LogP contribution in [0.25, 0.3) is 0 Å². The van der Waals surface area contributed by atoms with Crippen molar-refractivity contribution >= 4 is 44.6 Å². The van der Waals surface area contributed by atoms with Crippen LogP contribution >= 0.6 is 21.6 Å². The molecule has 0 aromatic carbocycles. The quantitative estimate of drug-likeness (QED) is 0.292. The van der Waals surface area contributed by atoms with Gasteiger partial charge in [0.15, 0.2) is 0 Å². The van der Waals surface area contributed by atoms with E-state index in [4.69, 9.17) is 0 Å². The molecule has 0 N–H and O–H groups in total. The van der Waals surface area contributed by atoms with E-state index < -0.39 is 0 Å². The molecule has 4 heteroatoms. The molecule has 0 amide bonds. The molecule has 0 bridgehead atoms. The number of hydrogen-bond donors (Lipinski definition) is 0. The van der Waals surface area contributed by atoms with Crippen molar-refractivity contribution in [2.24, 2.45) is 0 Å². The van der Waals surface area contributed by atoms with Gasteiger partial charge in [-0.3, -0.25) is 16.5 Å². The second-order valence-corrected chi connectivity index (χ2v) is 3.68. The van der Waals surface area contributed by atoms with Crippen LogP contribution in [0.15, 0.2) is 0 Å². The SMILES string of the molecule is [Br-].[CH-]1CCCSS1.[Mg+2]. The normalized spacial score (nSPS) is 18.0. The first-order valence-electron chi connectivity index (χ1n) is 2.10. The Bertz CT molecular complexity index is 29.5. The van der Waals surface area contributed by atoms with Crippen LogP contribution in [-0.2, 0) is 0 Å². The summed E-state index contributed by atoms with van der Waals surface area (Å²) in [5.41, 5.74) is 0. The zero-order valence-electron chi connectivity index (χ0n) is 4.60. The predicted octanol–water partition coefficient (Wildman–Crippen LogP) is -1.05. The summed E-state index contributed by atoms with van der Waals surface area (Å²) in [6.45, 7) is 0. The van der Waals surface area contributed by atoms with Crippen LogP contribution in [0, 0.1) is 5.75 Å². The first-order chi connectivity index (χ1) is 3.00. The van der Waals surface area contributed by atoms with Gasteiger partial charge in [-0.2, -0.15) is 6.42 Å². The molecule has 0 atom stereocenters. The molecule has 1 saturated heterocycles. The molecule has 0 unspecified atom stereocenters. The second kappa shape index (κ2) is 8.95. The Morgan fingerprint density at radius 1 is 1.38 bits per heavy atom. The van der Waals surface area contributed by atoms with Gasteiger partial charge in [-0.05, 0) is 5.75 Å². The topological polar surface area (TPSA) is 0 Å². The standard InChI is InChI=1S/C4H7S2.BrH.Mg/c1-2-4-6-5-3-1;;/h3H,1-2,4H2;1H;/q-1;;+2/p-1. The van der Waals surface area contributed by atoms with Crippen molar-refractivity contribution in [3.8, 4) is 0 Å². The van der Waals surface area contributed by atoms with Crippen molar-refractivity contribution in [2.45, 2.75) is 12.8 Å². The predicted molar refractivity (Wildman–Crippen MR) is 39.3 cm³/mol. The summed E-state index contributed by atoms with van der Waals surface area (Å²) in [6, 6.07) is 0. The van der Waals surface area contributed by atoms with Crippen molar-refractivity contribution in [1.29, 1.82) is 0 Å². The van der Waals surface area contributed by atoms with Crippen LogP contribution in [0.4, 0.5) is 0 Å². The summed E-state index contributed by atoms with van der Waals surface area (Å²) < 4.78 is 0. The Morgan fingerprint density at radius 3 is 2.25 bits per heavy atom. The maximum atomic E-state index is 2.27. The maximum absolute atomic E-state index is 2.27. The van der Waals surface area contributed by atoms with E-state index in [1.165, 1.54) is 18.6 Å². The van der Waals surface area contributed by atoms with E-state index in [-0.39, 0.29) is 40.0 Å². The van der Waals surface area contributed by atoms with Crippen LogP contribution in [0.3, 0.4) is 0 Å². The van der Waals surface area contributed by atoms with Crippen LogP contribution in [0.5, 0.6) is 0 Å². The first kappa shape index (κ1) is 12.6. The van der Waals surface area contributed by atoms with Gasteiger partial charge >= 0.3 is 23.1 Å². The molecule has 1 heterocycles. The molecule has 0 radical (unpaired) electrons. The molecule has 0 aliphatic carbocycles. The van der Waals surface area contributed by atoms with Crippen molar-refractivity contribution in [3.05, 3.63) is 5.75 Å². The third-order valence-corrected chi connectivity index (χ3v) is 2.97. The molecule has 0 spiro atoms. The minimum Gasteiger partial charge on any atom is -1.00 e. The fraction of sp³-hybridized carbons (Fsp3) is 0.750. The van der Waals surface area contributed by atoms with Crippen LogP contribution in [0.1, 0.15) is 12.8 Å². The van der Waals surface area contributed by atoms with Crippen LogP contribution in [-0.4, -0.2) is 28.8 Å². The van der Waals surface area contributed by atoms with Crippen LogP contribution < -0.4 is 17.0 Å². The third-order valence-electron chi connectivity index (χ3n) is 0.686.